The summed E-state index contributed by atoms with van der Waals surface area (Å²) in [5.74, 6) is 0. The van der Waals surface area contributed by atoms with Gasteiger partial charge >= 0.3 is 0 Å². The first-order chi connectivity index (χ1) is 6.25. The van der Waals surface area contributed by atoms with Gasteiger partial charge in [0.2, 0.25) is 0 Å². The molecule has 2 nitrogen and oxygen atoms in total. The number of hydrogen-bond acceptors (Lipinski definition) is 2. The number of rotatable bonds is 3. The fraction of sp³-hybridized carbons (Fsp3) is 0.364. The zero-order chi connectivity index (χ0) is 9.68. The molecule has 0 fully saturated rings. The zero-order valence-electron chi connectivity index (χ0n) is 8.37. The highest BCUT2D eigenvalue weighted by Crippen LogP contribution is 2.08. The molecule has 1 aromatic carbocycles. The Kier molecular flexibility index (Phi) is 3.50. The first kappa shape index (κ1) is 9.78. The summed E-state index contributed by atoms with van der Waals surface area (Å²) in [6.45, 7) is 6.57. The summed E-state index contributed by atoms with van der Waals surface area (Å²) in [6.07, 6.45) is 0. The normalized spacial score (nSPS) is 11.5. The van der Waals surface area contributed by atoms with Gasteiger partial charge in [0.25, 0.3) is 0 Å². The van der Waals surface area contributed by atoms with E-state index in [1.807, 2.05) is 32.0 Å². The average Bonchev–Trinajstić information content (AvgIpc) is 2.15. The summed E-state index contributed by atoms with van der Waals surface area (Å²) in [4.78, 5) is 4.99. The zero-order valence-corrected chi connectivity index (χ0v) is 8.37. The molecule has 0 atom stereocenters. The highest BCUT2D eigenvalue weighted by molar-refractivity contribution is 5.99. The maximum Gasteiger partial charge on any atom is 0.114 e. The second-order valence-electron chi connectivity index (χ2n) is 2.91. The predicted octanol–water partition coefficient (Wildman–Crippen LogP) is 2.76. The van der Waals surface area contributed by atoms with Gasteiger partial charge in [0.05, 0.1) is 5.71 Å². The Morgan fingerprint density at radius 3 is 2.69 bits per heavy atom. The topological polar surface area (TPSA) is 21.6 Å². The summed E-state index contributed by atoms with van der Waals surface area (Å²) < 4.78 is 0. The molecular weight excluding hydrogens is 162 g/mol. The van der Waals surface area contributed by atoms with E-state index in [-0.39, 0.29) is 0 Å². The minimum Gasteiger partial charge on any atom is -0.396 e. The molecule has 1 rings (SSSR count). The average molecular weight is 177 g/mol. The third-order valence-corrected chi connectivity index (χ3v) is 1.87. The molecule has 0 heterocycles. The van der Waals surface area contributed by atoms with Crippen LogP contribution in [0.3, 0.4) is 0 Å². The van der Waals surface area contributed by atoms with E-state index in [9.17, 15) is 0 Å². The van der Waals surface area contributed by atoms with Crippen molar-refractivity contribution in [2.24, 2.45) is 5.16 Å². The number of benzene rings is 1. The Hall–Kier alpha value is -1.31. The number of nitrogens with zero attached hydrogens (tertiary/aromatic N) is 1. The van der Waals surface area contributed by atoms with Gasteiger partial charge in [0, 0.05) is 5.56 Å². The molecule has 0 aliphatic heterocycles. The first-order valence-corrected chi connectivity index (χ1v) is 4.48. The van der Waals surface area contributed by atoms with Crippen molar-refractivity contribution in [1.29, 1.82) is 0 Å². The molecule has 0 aliphatic rings. The molecule has 0 spiro atoms. The predicted molar refractivity (Wildman–Crippen MR) is 55.0 cm³/mol. The van der Waals surface area contributed by atoms with Crippen molar-refractivity contribution in [3.8, 4) is 0 Å². The van der Waals surface area contributed by atoms with Crippen LogP contribution in [0.5, 0.6) is 0 Å². The lowest BCUT2D eigenvalue weighted by molar-refractivity contribution is 0.159. The van der Waals surface area contributed by atoms with E-state index in [0.717, 1.165) is 11.3 Å². The van der Waals surface area contributed by atoms with Crippen LogP contribution in [0.1, 0.15) is 25.0 Å². The van der Waals surface area contributed by atoms with Gasteiger partial charge in [-0.15, -0.1) is 0 Å². The standard InChI is InChI=1S/C11H15NO/c1-4-13-12-10(3)11-8-6-5-7-9(11)2/h5-8H,4H2,1-3H3/b12-10-. The quantitative estimate of drug-likeness (QED) is 0.514. The molecule has 2 heteroatoms. The molecule has 0 amide bonds. The first-order valence-electron chi connectivity index (χ1n) is 4.48. The summed E-state index contributed by atoms with van der Waals surface area (Å²) in [7, 11) is 0. The van der Waals surface area contributed by atoms with Gasteiger partial charge in [-0.3, -0.25) is 0 Å². The van der Waals surface area contributed by atoms with Gasteiger partial charge in [-0.2, -0.15) is 0 Å². The summed E-state index contributed by atoms with van der Waals surface area (Å²) in [5, 5.41) is 3.99. The molecule has 0 bridgehead atoms. The van der Waals surface area contributed by atoms with Gasteiger partial charge in [0.1, 0.15) is 6.61 Å². The lowest BCUT2D eigenvalue weighted by Crippen LogP contribution is -1.98. The minimum absolute atomic E-state index is 0.614. The van der Waals surface area contributed by atoms with Crippen molar-refractivity contribution in [2.45, 2.75) is 20.8 Å². The van der Waals surface area contributed by atoms with E-state index in [2.05, 4.69) is 18.1 Å². The van der Waals surface area contributed by atoms with Gasteiger partial charge < -0.3 is 4.84 Å². The molecule has 13 heavy (non-hydrogen) atoms. The van der Waals surface area contributed by atoms with Gasteiger partial charge in [-0.1, -0.05) is 29.4 Å². The number of hydrogen-bond donors (Lipinski definition) is 0. The van der Waals surface area contributed by atoms with E-state index >= 15 is 0 Å². The fourth-order valence-electron chi connectivity index (χ4n) is 1.19. The van der Waals surface area contributed by atoms with E-state index in [1.165, 1.54) is 5.56 Å². The van der Waals surface area contributed by atoms with E-state index in [1.54, 1.807) is 0 Å². The maximum atomic E-state index is 4.99. The van der Waals surface area contributed by atoms with Gasteiger partial charge in [-0.25, -0.2) is 0 Å². The lowest BCUT2D eigenvalue weighted by Gasteiger charge is -2.03. The molecule has 0 saturated carbocycles. The molecule has 0 N–H and O–H groups in total. The van der Waals surface area contributed by atoms with Crippen molar-refractivity contribution >= 4 is 5.71 Å². The molecule has 0 aliphatic carbocycles. The largest absolute Gasteiger partial charge is 0.396 e. The van der Waals surface area contributed by atoms with Crippen LogP contribution < -0.4 is 0 Å². The van der Waals surface area contributed by atoms with Gasteiger partial charge in [-0.05, 0) is 26.3 Å². The van der Waals surface area contributed by atoms with Crippen LogP contribution in [0.4, 0.5) is 0 Å². The highest BCUT2D eigenvalue weighted by Gasteiger charge is 2.00. The third-order valence-electron chi connectivity index (χ3n) is 1.87. The smallest absolute Gasteiger partial charge is 0.114 e. The van der Waals surface area contributed by atoms with Crippen molar-refractivity contribution in [3.05, 3.63) is 35.4 Å². The maximum absolute atomic E-state index is 4.99. The van der Waals surface area contributed by atoms with Gasteiger partial charge in [0.15, 0.2) is 0 Å². The summed E-state index contributed by atoms with van der Waals surface area (Å²) in [6, 6.07) is 8.15. The Bertz CT molecular complexity index is 305. The third kappa shape index (κ3) is 2.58. The number of oxime groups is 1. The fourth-order valence-corrected chi connectivity index (χ4v) is 1.19. The summed E-state index contributed by atoms with van der Waals surface area (Å²) in [5.41, 5.74) is 3.30. The second-order valence-corrected chi connectivity index (χ2v) is 2.91. The summed E-state index contributed by atoms with van der Waals surface area (Å²) >= 11 is 0. The Labute approximate surface area is 79.2 Å². The molecule has 70 valence electrons. The van der Waals surface area contributed by atoms with E-state index in [4.69, 9.17) is 4.84 Å². The molecule has 0 radical (unpaired) electrons. The monoisotopic (exact) mass is 177 g/mol. The van der Waals surface area contributed by atoms with E-state index in [0.29, 0.717) is 6.61 Å². The molecular formula is C11H15NO. The van der Waals surface area contributed by atoms with Crippen molar-refractivity contribution in [3.63, 3.8) is 0 Å². The Balaban J connectivity index is 2.88. The van der Waals surface area contributed by atoms with Crippen molar-refractivity contribution in [1.82, 2.24) is 0 Å². The van der Waals surface area contributed by atoms with Crippen LogP contribution >= 0.6 is 0 Å². The second kappa shape index (κ2) is 4.65. The van der Waals surface area contributed by atoms with Crippen LogP contribution in [0.15, 0.2) is 29.4 Å². The van der Waals surface area contributed by atoms with Crippen molar-refractivity contribution < 1.29 is 4.84 Å². The van der Waals surface area contributed by atoms with Crippen LogP contribution in [0.2, 0.25) is 0 Å². The molecule has 0 unspecified atom stereocenters. The Morgan fingerprint density at radius 2 is 2.08 bits per heavy atom. The Morgan fingerprint density at radius 1 is 1.38 bits per heavy atom. The van der Waals surface area contributed by atoms with Crippen LogP contribution in [-0.4, -0.2) is 12.3 Å². The van der Waals surface area contributed by atoms with Crippen molar-refractivity contribution in [2.75, 3.05) is 6.61 Å². The molecule has 0 aromatic heterocycles. The minimum atomic E-state index is 0.614. The lowest BCUT2D eigenvalue weighted by atomic mass is 10.1. The SMILES string of the molecule is CCO/N=C(/C)c1ccccc1C. The highest BCUT2D eigenvalue weighted by atomic mass is 16.6. The van der Waals surface area contributed by atoms with E-state index < -0.39 is 0 Å². The van der Waals surface area contributed by atoms with Crippen LogP contribution in [0, 0.1) is 6.92 Å². The molecule has 1 aromatic rings. The van der Waals surface area contributed by atoms with Crippen LogP contribution in [0.25, 0.3) is 0 Å². The number of aryl methyl sites for hydroxylation is 1. The molecule has 0 saturated heterocycles. The van der Waals surface area contributed by atoms with Crippen LogP contribution in [-0.2, 0) is 4.84 Å².